The van der Waals surface area contributed by atoms with Crippen LogP contribution >= 0.6 is 11.8 Å². The summed E-state index contributed by atoms with van der Waals surface area (Å²) in [7, 11) is 0. The Hall–Kier alpha value is -1.17. The van der Waals surface area contributed by atoms with Gasteiger partial charge in [0.05, 0.1) is 17.3 Å². The van der Waals surface area contributed by atoms with Gasteiger partial charge in [0.1, 0.15) is 0 Å². The summed E-state index contributed by atoms with van der Waals surface area (Å²) in [6, 6.07) is 0.299. The van der Waals surface area contributed by atoms with Crippen molar-refractivity contribution in [2.24, 2.45) is 0 Å². The fourth-order valence-electron chi connectivity index (χ4n) is 2.78. The van der Waals surface area contributed by atoms with Gasteiger partial charge in [-0.3, -0.25) is 4.68 Å². The van der Waals surface area contributed by atoms with Crippen molar-refractivity contribution in [3.05, 3.63) is 17.5 Å². The molecule has 0 spiro atoms. The van der Waals surface area contributed by atoms with Crippen LogP contribution in [0.2, 0.25) is 0 Å². The maximum absolute atomic E-state index is 12.6. The number of thioether (sulfide) groups is 1. The van der Waals surface area contributed by atoms with Crippen molar-refractivity contribution < 1.29 is 4.79 Å². The van der Waals surface area contributed by atoms with Gasteiger partial charge in [-0.25, -0.2) is 4.79 Å². The number of carbonyl (C=O) groups excluding carboxylic acids is 1. The van der Waals surface area contributed by atoms with Gasteiger partial charge in [-0.1, -0.05) is 0 Å². The Balaban J connectivity index is 2.07. The maximum Gasteiger partial charge on any atom is 0.318 e. The molecule has 0 aliphatic carbocycles. The number of carbonyl (C=O) groups is 1. The molecule has 2 amide bonds. The van der Waals surface area contributed by atoms with Crippen molar-refractivity contribution in [2.75, 3.05) is 18.1 Å². The Morgan fingerprint density at radius 2 is 2.13 bits per heavy atom. The van der Waals surface area contributed by atoms with Gasteiger partial charge in [0.2, 0.25) is 0 Å². The highest BCUT2D eigenvalue weighted by molar-refractivity contribution is 7.99. The van der Waals surface area contributed by atoms with E-state index in [1.165, 1.54) is 0 Å². The van der Waals surface area contributed by atoms with Crippen molar-refractivity contribution in [1.29, 1.82) is 0 Å². The second-order valence-electron chi connectivity index (χ2n) is 7.40. The van der Waals surface area contributed by atoms with E-state index in [2.05, 4.69) is 44.3 Å². The summed E-state index contributed by atoms with van der Waals surface area (Å²) in [5, 5.41) is 7.76. The van der Waals surface area contributed by atoms with E-state index in [0.717, 1.165) is 35.7 Å². The lowest BCUT2D eigenvalue weighted by Gasteiger charge is -2.28. The van der Waals surface area contributed by atoms with Gasteiger partial charge in [0.15, 0.2) is 0 Å². The van der Waals surface area contributed by atoms with Crippen LogP contribution in [-0.2, 0) is 5.54 Å². The summed E-state index contributed by atoms with van der Waals surface area (Å²) in [4.78, 5) is 14.6. The first-order valence-corrected chi connectivity index (χ1v) is 9.57. The number of hydrogen-bond donors (Lipinski definition) is 1. The Morgan fingerprint density at radius 3 is 2.74 bits per heavy atom. The molecule has 1 saturated heterocycles. The molecule has 0 saturated carbocycles. The van der Waals surface area contributed by atoms with Crippen molar-refractivity contribution >= 4 is 17.8 Å². The zero-order chi connectivity index (χ0) is 17.2. The molecule has 0 radical (unpaired) electrons. The Morgan fingerprint density at radius 1 is 1.43 bits per heavy atom. The summed E-state index contributed by atoms with van der Waals surface area (Å²) in [6.07, 6.45) is 3.12. The van der Waals surface area contributed by atoms with Gasteiger partial charge >= 0.3 is 6.03 Å². The first-order chi connectivity index (χ1) is 10.7. The van der Waals surface area contributed by atoms with E-state index in [1.807, 2.05) is 35.2 Å². The van der Waals surface area contributed by atoms with E-state index in [0.29, 0.717) is 6.04 Å². The zero-order valence-corrected chi connectivity index (χ0v) is 16.0. The lowest BCUT2D eigenvalue weighted by atomic mass is 10.1. The second-order valence-corrected chi connectivity index (χ2v) is 8.62. The fraction of sp³-hybridized carbons (Fsp3) is 0.765. The minimum absolute atomic E-state index is 0.0374. The molecule has 23 heavy (non-hydrogen) atoms. The Bertz CT molecular complexity index is 549. The average Bonchev–Trinajstić information content (AvgIpc) is 2.71. The van der Waals surface area contributed by atoms with Crippen molar-refractivity contribution in [1.82, 2.24) is 20.0 Å². The first-order valence-electron chi connectivity index (χ1n) is 8.41. The third kappa shape index (κ3) is 4.43. The highest BCUT2D eigenvalue weighted by atomic mass is 32.2. The average molecular weight is 339 g/mol. The molecule has 0 unspecified atom stereocenters. The van der Waals surface area contributed by atoms with Crippen LogP contribution in [0.15, 0.2) is 6.20 Å². The third-order valence-electron chi connectivity index (χ3n) is 4.38. The monoisotopic (exact) mass is 338 g/mol. The van der Waals surface area contributed by atoms with Gasteiger partial charge < -0.3 is 10.2 Å². The quantitative estimate of drug-likeness (QED) is 0.897. The number of hydrogen-bond acceptors (Lipinski definition) is 3. The lowest BCUT2D eigenvalue weighted by Crippen LogP contribution is -2.46. The Labute approximate surface area is 144 Å². The molecule has 1 aromatic rings. The number of aromatic nitrogens is 2. The zero-order valence-electron chi connectivity index (χ0n) is 15.2. The summed E-state index contributed by atoms with van der Waals surface area (Å²) < 4.78 is 1.98. The molecule has 1 fully saturated rings. The van der Waals surface area contributed by atoms with Crippen LogP contribution in [-0.4, -0.2) is 44.8 Å². The fourth-order valence-corrected chi connectivity index (χ4v) is 3.82. The smallest absolute Gasteiger partial charge is 0.318 e. The van der Waals surface area contributed by atoms with E-state index in [-0.39, 0.29) is 17.6 Å². The molecule has 1 aliphatic heterocycles. The van der Waals surface area contributed by atoms with Gasteiger partial charge in [0.25, 0.3) is 0 Å². The van der Waals surface area contributed by atoms with Crippen LogP contribution in [0.4, 0.5) is 4.79 Å². The molecule has 1 aromatic heterocycles. The molecular formula is C17H30N4OS. The number of rotatable bonds is 2. The molecule has 0 bridgehead atoms. The lowest BCUT2D eigenvalue weighted by molar-refractivity contribution is 0.180. The summed E-state index contributed by atoms with van der Waals surface area (Å²) in [6.45, 7) is 13.4. The standard InChI is InChI=1S/C17H30N4OS/c1-12-7-9-23-10-8-20(12)16(22)18-13(2)15-11-21(17(4,5)6)19-14(15)3/h11-13H,7-10H2,1-6H3,(H,18,22)/t12-,13+/m0/s1. The van der Waals surface area contributed by atoms with Crippen LogP contribution in [0, 0.1) is 6.92 Å². The maximum atomic E-state index is 12.6. The number of aryl methyl sites for hydroxylation is 1. The van der Waals surface area contributed by atoms with E-state index >= 15 is 0 Å². The van der Waals surface area contributed by atoms with Gasteiger partial charge in [-0.05, 0) is 53.7 Å². The van der Waals surface area contributed by atoms with Crippen LogP contribution in [0.25, 0.3) is 0 Å². The molecule has 2 atom stereocenters. The van der Waals surface area contributed by atoms with E-state index in [9.17, 15) is 4.79 Å². The molecule has 6 heteroatoms. The highest BCUT2D eigenvalue weighted by Gasteiger charge is 2.25. The largest absolute Gasteiger partial charge is 0.331 e. The second kappa shape index (κ2) is 7.16. The molecule has 2 heterocycles. The summed E-state index contributed by atoms with van der Waals surface area (Å²) in [5.41, 5.74) is 2.01. The van der Waals surface area contributed by atoms with Crippen molar-refractivity contribution in [3.63, 3.8) is 0 Å². The van der Waals surface area contributed by atoms with E-state index in [4.69, 9.17) is 0 Å². The van der Waals surface area contributed by atoms with Gasteiger partial charge in [0, 0.05) is 30.1 Å². The first kappa shape index (κ1) is 18.2. The molecular weight excluding hydrogens is 308 g/mol. The normalized spacial score (nSPS) is 21.0. The topological polar surface area (TPSA) is 50.2 Å². The van der Waals surface area contributed by atoms with E-state index in [1.54, 1.807) is 0 Å². The molecule has 1 aliphatic rings. The number of nitrogens with one attached hydrogen (secondary N) is 1. The van der Waals surface area contributed by atoms with Crippen molar-refractivity contribution in [3.8, 4) is 0 Å². The number of amides is 2. The predicted molar refractivity (Wildman–Crippen MR) is 97.0 cm³/mol. The molecule has 2 rings (SSSR count). The van der Waals surface area contributed by atoms with Crippen LogP contribution in [0.3, 0.4) is 0 Å². The minimum Gasteiger partial charge on any atom is -0.331 e. The SMILES string of the molecule is Cc1nn(C(C)(C)C)cc1[C@@H](C)NC(=O)N1CCSCC[C@@H]1C. The minimum atomic E-state index is -0.0523. The molecule has 5 nitrogen and oxygen atoms in total. The van der Waals surface area contributed by atoms with Gasteiger partial charge in [-0.15, -0.1) is 0 Å². The van der Waals surface area contributed by atoms with E-state index < -0.39 is 0 Å². The summed E-state index contributed by atoms with van der Waals surface area (Å²) >= 11 is 1.93. The van der Waals surface area contributed by atoms with Crippen molar-refractivity contribution in [2.45, 2.75) is 65.6 Å². The predicted octanol–water partition coefficient (Wildman–Crippen LogP) is 3.54. The summed E-state index contributed by atoms with van der Waals surface area (Å²) in [5.74, 6) is 2.16. The Kier molecular flexibility index (Phi) is 5.65. The third-order valence-corrected chi connectivity index (χ3v) is 5.38. The van der Waals surface area contributed by atoms with Crippen LogP contribution in [0.1, 0.15) is 58.3 Å². The van der Waals surface area contributed by atoms with Gasteiger partial charge in [-0.2, -0.15) is 16.9 Å². The number of urea groups is 1. The number of nitrogens with zero attached hydrogens (tertiary/aromatic N) is 3. The molecule has 130 valence electrons. The highest BCUT2D eigenvalue weighted by Crippen LogP contribution is 2.22. The molecule has 0 aromatic carbocycles. The van der Waals surface area contributed by atoms with Crippen LogP contribution < -0.4 is 5.32 Å². The van der Waals surface area contributed by atoms with Crippen LogP contribution in [0.5, 0.6) is 0 Å². The molecule has 1 N–H and O–H groups in total.